The molecular weight excluding hydrogens is 514 g/mol. The summed E-state index contributed by atoms with van der Waals surface area (Å²) in [7, 11) is -2.51. The molecule has 0 bridgehead atoms. The summed E-state index contributed by atoms with van der Waals surface area (Å²) in [6, 6.07) is 21.5. The van der Waals surface area contributed by atoms with Crippen LogP contribution in [0.3, 0.4) is 0 Å². The second kappa shape index (κ2) is 13.8. The lowest BCUT2D eigenvalue weighted by Crippen LogP contribution is -2.52. The van der Waals surface area contributed by atoms with Crippen molar-refractivity contribution < 1.29 is 22.7 Å². The lowest BCUT2D eigenvalue weighted by atomic mass is 10.1. The second-order valence-electron chi connectivity index (χ2n) is 9.25. The Morgan fingerprint density at radius 3 is 2.23 bits per heavy atom. The lowest BCUT2D eigenvalue weighted by molar-refractivity contribution is -0.140. The van der Waals surface area contributed by atoms with Crippen molar-refractivity contribution in [2.24, 2.45) is 0 Å². The van der Waals surface area contributed by atoms with Crippen LogP contribution in [0.15, 0.2) is 83.8 Å². The zero-order valence-corrected chi connectivity index (χ0v) is 23.8. The summed E-state index contributed by atoms with van der Waals surface area (Å²) in [6.45, 7) is 5.80. The first-order chi connectivity index (χ1) is 18.7. The highest BCUT2D eigenvalue weighted by Gasteiger charge is 2.33. The van der Waals surface area contributed by atoms with Gasteiger partial charge in [-0.3, -0.25) is 13.9 Å². The van der Waals surface area contributed by atoms with E-state index in [0.717, 1.165) is 21.9 Å². The summed E-state index contributed by atoms with van der Waals surface area (Å²) in [5.41, 5.74) is 2.02. The molecule has 0 saturated carbocycles. The highest BCUT2D eigenvalue weighted by molar-refractivity contribution is 7.92. The Labute approximate surface area is 231 Å². The van der Waals surface area contributed by atoms with Gasteiger partial charge in [0.05, 0.1) is 17.7 Å². The summed E-state index contributed by atoms with van der Waals surface area (Å²) in [6.07, 6.45) is 1.12. The van der Waals surface area contributed by atoms with Gasteiger partial charge in [-0.15, -0.1) is 0 Å². The van der Waals surface area contributed by atoms with E-state index < -0.39 is 28.5 Å². The predicted molar refractivity (Wildman–Crippen MR) is 153 cm³/mol. The van der Waals surface area contributed by atoms with Crippen LogP contribution in [0.4, 0.5) is 5.69 Å². The number of amides is 2. The van der Waals surface area contributed by atoms with Gasteiger partial charge in [0.15, 0.2) is 0 Å². The van der Waals surface area contributed by atoms with E-state index in [9.17, 15) is 18.0 Å². The van der Waals surface area contributed by atoms with E-state index in [1.807, 2.05) is 39.0 Å². The largest absolute Gasteiger partial charge is 0.497 e. The topological polar surface area (TPSA) is 96.0 Å². The molecule has 3 aromatic rings. The molecule has 208 valence electrons. The molecule has 0 spiro atoms. The molecule has 1 N–H and O–H groups in total. The summed E-state index contributed by atoms with van der Waals surface area (Å²) in [4.78, 5) is 28.7. The predicted octanol–water partition coefficient (Wildman–Crippen LogP) is 4.53. The number of methoxy groups -OCH3 is 1. The molecule has 0 aliphatic carbocycles. The molecule has 9 heteroatoms. The number of ether oxygens (including phenoxy) is 1. The van der Waals surface area contributed by atoms with Crippen molar-refractivity contribution in [3.05, 3.63) is 90.0 Å². The van der Waals surface area contributed by atoms with Crippen LogP contribution in [-0.2, 0) is 26.2 Å². The smallest absolute Gasteiger partial charge is 0.264 e. The Balaban J connectivity index is 2.03. The van der Waals surface area contributed by atoms with Crippen LogP contribution in [0.2, 0.25) is 0 Å². The van der Waals surface area contributed by atoms with Crippen molar-refractivity contribution in [3.63, 3.8) is 0 Å². The standard InChI is InChI=1S/C30H37N3O5S/c1-5-19-31-30(35)28(6-2)32(21-24-15-17-26(38-4)18-16-24)29(34)22-33(25-12-10-11-23(3)20-25)39(36,37)27-13-8-7-9-14-27/h7-18,20,28H,5-6,19,21-22H2,1-4H3,(H,31,35). The first-order valence-corrected chi connectivity index (χ1v) is 14.5. The number of aryl methyl sites for hydroxylation is 1. The zero-order chi connectivity index (χ0) is 28.4. The van der Waals surface area contributed by atoms with Gasteiger partial charge in [0.25, 0.3) is 10.0 Å². The van der Waals surface area contributed by atoms with Crippen LogP contribution in [0.25, 0.3) is 0 Å². The second-order valence-corrected chi connectivity index (χ2v) is 11.1. The van der Waals surface area contributed by atoms with Crippen molar-refractivity contribution in [1.29, 1.82) is 0 Å². The number of hydrogen-bond donors (Lipinski definition) is 1. The molecule has 3 rings (SSSR count). The zero-order valence-electron chi connectivity index (χ0n) is 23.0. The fourth-order valence-electron chi connectivity index (χ4n) is 4.24. The lowest BCUT2D eigenvalue weighted by Gasteiger charge is -2.33. The third-order valence-electron chi connectivity index (χ3n) is 6.35. The molecule has 1 unspecified atom stereocenters. The van der Waals surface area contributed by atoms with E-state index in [1.54, 1.807) is 55.6 Å². The number of anilines is 1. The van der Waals surface area contributed by atoms with Crippen molar-refractivity contribution in [2.75, 3.05) is 24.5 Å². The maximum absolute atomic E-state index is 14.0. The van der Waals surface area contributed by atoms with E-state index >= 15 is 0 Å². The Morgan fingerprint density at radius 2 is 1.64 bits per heavy atom. The van der Waals surface area contributed by atoms with Gasteiger partial charge in [-0.1, -0.05) is 56.3 Å². The van der Waals surface area contributed by atoms with Gasteiger partial charge >= 0.3 is 0 Å². The molecule has 0 aliphatic heterocycles. The van der Waals surface area contributed by atoms with E-state index in [2.05, 4.69) is 5.32 Å². The van der Waals surface area contributed by atoms with Crippen LogP contribution in [-0.4, -0.2) is 51.4 Å². The van der Waals surface area contributed by atoms with Gasteiger partial charge in [0, 0.05) is 13.1 Å². The first-order valence-electron chi connectivity index (χ1n) is 13.1. The number of nitrogens with one attached hydrogen (secondary N) is 1. The van der Waals surface area contributed by atoms with E-state index in [-0.39, 0.29) is 17.3 Å². The van der Waals surface area contributed by atoms with Gasteiger partial charge in [0.2, 0.25) is 11.8 Å². The fourth-order valence-corrected chi connectivity index (χ4v) is 5.67. The third kappa shape index (κ3) is 7.60. The molecule has 0 radical (unpaired) electrons. The molecule has 0 aromatic heterocycles. The quantitative estimate of drug-likeness (QED) is 0.337. The van der Waals surface area contributed by atoms with Gasteiger partial charge in [-0.25, -0.2) is 8.42 Å². The molecular formula is C30H37N3O5S. The normalized spacial score (nSPS) is 11.9. The highest BCUT2D eigenvalue weighted by Crippen LogP contribution is 2.25. The average molecular weight is 552 g/mol. The number of nitrogens with zero attached hydrogens (tertiary/aromatic N) is 2. The average Bonchev–Trinajstić information content (AvgIpc) is 2.95. The van der Waals surface area contributed by atoms with E-state index in [1.165, 1.54) is 17.0 Å². The number of carbonyl (C=O) groups excluding carboxylic acids is 2. The molecule has 1 atom stereocenters. The molecule has 0 fully saturated rings. The third-order valence-corrected chi connectivity index (χ3v) is 8.13. The minimum atomic E-state index is -4.08. The molecule has 3 aromatic carbocycles. The maximum Gasteiger partial charge on any atom is 0.264 e. The molecule has 2 amide bonds. The van der Waals surface area contributed by atoms with Crippen LogP contribution in [0, 0.1) is 6.92 Å². The SMILES string of the molecule is CCCNC(=O)C(CC)N(Cc1ccc(OC)cc1)C(=O)CN(c1cccc(C)c1)S(=O)(=O)c1ccccc1. The van der Waals surface area contributed by atoms with Crippen molar-refractivity contribution in [3.8, 4) is 5.75 Å². The maximum atomic E-state index is 14.0. The number of benzene rings is 3. The van der Waals surface area contributed by atoms with Crippen LogP contribution < -0.4 is 14.4 Å². The number of hydrogen-bond acceptors (Lipinski definition) is 5. The van der Waals surface area contributed by atoms with Crippen LogP contribution in [0.5, 0.6) is 5.75 Å². The Kier molecular flexibility index (Phi) is 10.5. The minimum absolute atomic E-state index is 0.0775. The minimum Gasteiger partial charge on any atom is -0.497 e. The molecule has 0 aliphatic rings. The van der Waals surface area contributed by atoms with Crippen LogP contribution in [0.1, 0.15) is 37.8 Å². The van der Waals surface area contributed by atoms with Gasteiger partial charge in [-0.05, 0) is 67.3 Å². The number of rotatable bonds is 13. The van der Waals surface area contributed by atoms with Gasteiger partial charge in [0.1, 0.15) is 18.3 Å². The van der Waals surface area contributed by atoms with E-state index in [4.69, 9.17) is 4.74 Å². The van der Waals surface area contributed by atoms with Gasteiger partial charge < -0.3 is 15.0 Å². The summed E-state index contributed by atoms with van der Waals surface area (Å²) in [5.74, 6) is -0.0801. The molecule has 0 heterocycles. The Morgan fingerprint density at radius 1 is 0.949 bits per heavy atom. The highest BCUT2D eigenvalue weighted by atomic mass is 32.2. The first kappa shape index (κ1) is 29.7. The summed E-state index contributed by atoms with van der Waals surface area (Å²) >= 11 is 0. The van der Waals surface area contributed by atoms with E-state index in [0.29, 0.717) is 24.4 Å². The monoisotopic (exact) mass is 551 g/mol. The Hall–Kier alpha value is -3.85. The summed E-state index contributed by atoms with van der Waals surface area (Å²) < 4.78 is 34.0. The van der Waals surface area contributed by atoms with Crippen molar-refractivity contribution in [1.82, 2.24) is 10.2 Å². The number of carbonyl (C=O) groups is 2. The fraction of sp³-hybridized carbons (Fsp3) is 0.333. The van der Waals surface area contributed by atoms with Gasteiger partial charge in [-0.2, -0.15) is 0 Å². The molecule has 8 nitrogen and oxygen atoms in total. The number of sulfonamides is 1. The summed E-state index contributed by atoms with van der Waals surface area (Å²) in [5, 5.41) is 2.89. The Bertz CT molecular complexity index is 1340. The molecule has 0 saturated heterocycles. The molecule has 39 heavy (non-hydrogen) atoms. The van der Waals surface area contributed by atoms with Crippen molar-refractivity contribution in [2.45, 2.75) is 51.1 Å². The van der Waals surface area contributed by atoms with Crippen molar-refractivity contribution >= 4 is 27.5 Å². The van der Waals surface area contributed by atoms with Crippen LogP contribution >= 0.6 is 0 Å².